The van der Waals surface area contributed by atoms with Gasteiger partial charge in [-0.05, 0) is 40.0 Å². The maximum absolute atomic E-state index is 5.29. The van der Waals surface area contributed by atoms with E-state index in [1.807, 2.05) is 25.2 Å². The lowest BCUT2D eigenvalue weighted by molar-refractivity contribution is 0.363. The number of nitrogens with zero attached hydrogens (tertiary/aromatic N) is 2. The van der Waals surface area contributed by atoms with Gasteiger partial charge in [-0.15, -0.1) is 6.42 Å². The average Bonchev–Trinajstić information content (AvgIpc) is 2.26. The number of aromatic nitrogens is 1. The quantitative estimate of drug-likeness (QED) is 0.805. The van der Waals surface area contributed by atoms with Crippen LogP contribution in [0.25, 0.3) is 0 Å². The van der Waals surface area contributed by atoms with Crippen LogP contribution in [-0.4, -0.2) is 29.0 Å². The van der Waals surface area contributed by atoms with Crippen LogP contribution in [0.1, 0.15) is 32.2 Å². The molecule has 0 aliphatic heterocycles. The number of pyridine rings is 1. The minimum absolute atomic E-state index is 0.109. The molecule has 0 bridgehead atoms. The van der Waals surface area contributed by atoms with Crippen molar-refractivity contribution in [1.29, 1.82) is 0 Å². The number of hydrogen-bond acceptors (Lipinski definition) is 3. The monoisotopic (exact) mass is 245 g/mol. The molecular formula is C15H23N3. The van der Waals surface area contributed by atoms with Gasteiger partial charge in [0.1, 0.15) is 0 Å². The van der Waals surface area contributed by atoms with E-state index < -0.39 is 0 Å². The highest BCUT2D eigenvalue weighted by Crippen LogP contribution is 2.05. The lowest BCUT2D eigenvalue weighted by Crippen LogP contribution is -2.35. The third kappa shape index (κ3) is 5.81. The first-order valence-electron chi connectivity index (χ1n) is 6.22. The van der Waals surface area contributed by atoms with Crippen LogP contribution in [0.15, 0.2) is 18.2 Å². The zero-order valence-electron chi connectivity index (χ0n) is 11.8. The summed E-state index contributed by atoms with van der Waals surface area (Å²) in [7, 11) is 2.00. The topological polar surface area (TPSA) is 28.2 Å². The molecule has 1 rings (SSSR count). The fourth-order valence-electron chi connectivity index (χ4n) is 1.56. The van der Waals surface area contributed by atoms with Gasteiger partial charge in [-0.1, -0.05) is 12.0 Å². The van der Waals surface area contributed by atoms with Gasteiger partial charge >= 0.3 is 0 Å². The summed E-state index contributed by atoms with van der Waals surface area (Å²) in [5.41, 5.74) is 2.23. The maximum Gasteiger partial charge on any atom is 0.0599 e. The maximum atomic E-state index is 5.29. The Morgan fingerprint density at radius 3 is 2.61 bits per heavy atom. The lowest BCUT2D eigenvalue weighted by atomic mass is 10.1. The van der Waals surface area contributed by atoms with E-state index >= 15 is 0 Å². The van der Waals surface area contributed by atoms with Crippen molar-refractivity contribution in [3.8, 4) is 12.3 Å². The summed E-state index contributed by atoms with van der Waals surface area (Å²) in [6.07, 6.45) is 5.29. The molecule has 3 nitrogen and oxygen atoms in total. The third-order valence-corrected chi connectivity index (χ3v) is 2.46. The standard InChI is InChI=1S/C15H23N3/c1-6-10-18(5)12-14-9-7-8-13(17-14)11-16-15(2,3)4/h1,7-9,16H,10-12H2,2-5H3. The second kappa shape index (κ2) is 6.53. The zero-order chi connectivity index (χ0) is 13.6. The Hall–Kier alpha value is -1.37. The van der Waals surface area contributed by atoms with Gasteiger partial charge in [0, 0.05) is 18.6 Å². The van der Waals surface area contributed by atoms with Crippen molar-refractivity contribution < 1.29 is 0 Å². The fraction of sp³-hybridized carbons (Fsp3) is 0.533. The summed E-state index contributed by atoms with van der Waals surface area (Å²) in [5.74, 6) is 2.63. The fourth-order valence-corrected chi connectivity index (χ4v) is 1.56. The molecule has 1 heterocycles. The molecule has 1 aromatic rings. The van der Waals surface area contributed by atoms with Gasteiger partial charge in [0.15, 0.2) is 0 Å². The van der Waals surface area contributed by atoms with Crippen molar-refractivity contribution in [3.63, 3.8) is 0 Å². The smallest absolute Gasteiger partial charge is 0.0599 e. The van der Waals surface area contributed by atoms with Gasteiger partial charge in [0.05, 0.1) is 17.9 Å². The highest BCUT2D eigenvalue weighted by Gasteiger charge is 2.09. The molecule has 1 N–H and O–H groups in total. The zero-order valence-corrected chi connectivity index (χ0v) is 11.8. The largest absolute Gasteiger partial charge is 0.306 e. The summed E-state index contributed by atoms with van der Waals surface area (Å²) >= 11 is 0. The van der Waals surface area contributed by atoms with Crippen molar-refractivity contribution in [2.75, 3.05) is 13.6 Å². The summed E-state index contributed by atoms with van der Waals surface area (Å²) in [5, 5.41) is 3.44. The molecule has 0 unspecified atom stereocenters. The number of terminal acetylenes is 1. The van der Waals surface area contributed by atoms with Gasteiger partial charge < -0.3 is 5.32 Å². The summed E-state index contributed by atoms with van der Waals surface area (Å²) in [6.45, 7) is 8.67. The molecule has 3 heteroatoms. The van der Waals surface area contributed by atoms with E-state index in [1.54, 1.807) is 0 Å². The summed E-state index contributed by atoms with van der Waals surface area (Å²) in [6, 6.07) is 6.13. The van der Waals surface area contributed by atoms with E-state index in [9.17, 15) is 0 Å². The van der Waals surface area contributed by atoms with Crippen molar-refractivity contribution in [2.24, 2.45) is 0 Å². The minimum atomic E-state index is 0.109. The Bertz CT molecular complexity index is 412. The lowest BCUT2D eigenvalue weighted by Gasteiger charge is -2.20. The highest BCUT2D eigenvalue weighted by atomic mass is 15.1. The third-order valence-electron chi connectivity index (χ3n) is 2.46. The molecule has 0 aromatic carbocycles. The van der Waals surface area contributed by atoms with E-state index in [-0.39, 0.29) is 5.54 Å². The Kier molecular flexibility index (Phi) is 5.33. The second-order valence-corrected chi connectivity index (χ2v) is 5.60. The van der Waals surface area contributed by atoms with E-state index in [0.717, 1.165) is 24.5 Å². The van der Waals surface area contributed by atoms with Crippen LogP contribution in [-0.2, 0) is 13.1 Å². The molecule has 1 aromatic heterocycles. The van der Waals surface area contributed by atoms with Crippen LogP contribution in [0.4, 0.5) is 0 Å². The molecule has 0 amide bonds. The molecule has 0 spiro atoms. The van der Waals surface area contributed by atoms with Gasteiger partial charge in [0.2, 0.25) is 0 Å². The number of rotatable bonds is 5. The molecule has 0 saturated heterocycles. The Morgan fingerprint density at radius 2 is 2.00 bits per heavy atom. The molecule has 0 aliphatic rings. The molecule has 0 saturated carbocycles. The Balaban J connectivity index is 2.60. The van der Waals surface area contributed by atoms with E-state index in [2.05, 4.69) is 41.9 Å². The van der Waals surface area contributed by atoms with Crippen LogP contribution in [0.5, 0.6) is 0 Å². The normalized spacial score (nSPS) is 11.6. The van der Waals surface area contributed by atoms with Crippen molar-refractivity contribution in [2.45, 2.75) is 39.4 Å². The first-order valence-corrected chi connectivity index (χ1v) is 6.22. The van der Waals surface area contributed by atoms with Gasteiger partial charge in [0.25, 0.3) is 0 Å². The first-order chi connectivity index (χ1) is 8.40. The minimum Gasteiger partial charge on any atom is -0.306 e. The summed E-state index contributed by atoms with van der Waals surface area (Å²) < 4.78 is 0. The van der Waals surface area contributed by atoms with E-state index in [4.69, 9.17) is 6.42 Å². The van der Waals surface area contributed by atoms with Crippen molar-refractivity contribution in [1.82, 2.24) is 15.2 Å². The predicted octanol–water partition coefficient (Wildman–Crippen LogP) is 2.03. The number of hydrogen-bond donors (Lipinski definition) is 1. The van der Waals surface area contributed by atoms with Crippen LogP contribution < -0.4 is 5.32 Å². The average molecular weight is 245 g/mol. The van der Waals surface area contributed by atoms with E-state index in [0.29, 0.717) is 6.54 Å². The van der Waals surface area contributed by atoms with Crippen molar-refractivity contribution in [3.05, 3.63) is 29.6 Å². The molecule has 0 aliphatic carbocycles. The van der Waals surface area contributed by atoms with Crippen LogP contribution in [0.2, 0.25) is 0 Å². The molecule has 0 radical (unpaired) electrons. The molecular weight excluding hydrogens is 222 g/mol. The SMILES string of the molecule is C#CCN(C)Cc1cccc(CNC(C)(C)C)n1. The summed E-state index contributed by atoms with van der Waals surface area (Å²) in [4.78, 5) is 6.70. The molecule has 98 valence electrons. The first kappa shape index (κ1) is 14.7. The highest BCUT2D eigenvalue weighted by molar-refractivity contribution is 5.11. The number of nitrogens with one attached hydrogen (secondary N) is 1. The molecule has 0 atom stereocenters. The van der Waals surface area contributed by atoms with Crippen LogP contribution in [0, 0.1) is 12.3 Å². The molecule has 18 heavy (non-hydrogen) atoms. The Morgan fingerprint density at radius 1 is 1.33 bits per heavy atom. The van der Waals surface area contributed by atoms with Crippen molar-refractivity contribution >= 4 is 0 Å². The van der Waals surface area contributed by atoms with Gasteiger partial charge in [-0.3, -0.25) is 9.88 Å². The predicted molar refractivity (Wildman–Crippen MR) is 76.0 cm³/mol. The molecule has 0 fully saturated rings. The van der Waals surface area contributed by atoms with Gasteiger partial charge in [-0.2, -0.15) is 0 Å². The van der Waals surface area contributed by atoms with Crippen LogP contribution in [0.3, 0.4) is 0 Å². The van der Waals surface area contributed by atoms with E-state index in [1.165, 1.54) is 0 Å². The van der Waals surface area contributed by atoms with Crippen LogP contribution >= 0.6 is 0 Å². The second-order valence-electron chi connectivity index (χ2n) is 5.60. The van der Waals surface area contributed by atoms with Gasteiger partial charge in [-0.25, -0.2) is 0 Å². The Labute approximate surface area is 111 Å².